The highest BCUT2D eigenvalue weighted by Crippen LogP contribution is 2.55. The lowest BCUT2D eigenvalue weighted by molar-refractivity contribution is -0.141. The molecule has 3 heterocycles. The molecule has 40 heavy (non-hydrogen) atoms. The first kappa shape index (κ1) is 27.5. The molecule has 2 aliphatic carbocycles. The number of benzene rings is 1. The predicted molar refractivity (Wildman–Crippen MR) is 155 cm³/mol. The maximum atomic E-state index is 14.2. The summed E-state index contributed by atoms with van der Waals surface area (Å²) in [6, 6.07) is 6.17. The largest absolute Gasteiger partial charge is 0.359 e. The zero-order valence-corrected chi connectivity index (χ0v) is 24.2. The van der Waals surface area contributed by atoms with Crippen LogP contribution in [-0.4, -0.2) is 53.0 Å². The molecule has 3 aliphatic heterocycles. The van der Waals surface area contributed by atoms with E-state index in [1.165, 1.54) is 18.4 Å². The number of likely N-dealkylation sites (tertiary alicyclic amines) is 1. The lowest BCUT2D eigenvalue weighted by atomic mass is 9.73. The van der Waals surface area contributed by atoms with E-state index in [0.717, 1.165) is 38.5 Å². The highest BCUT2D eigenvalue weighted by atomic mass is 35.5. The third-order valence-corrected chi connectivity index (χ3v) is 10.4. The van der Waals surface area contributed by atoms with Crippen LogP contribution in [0.25, 0.3) is 0 Å². The van der Waals surface area contributed by atoms with Gasteiger partial charge in [0.05, 0.1) is 17.9 Å². The van der Waals surface area contributed by atoms with E-state index in [1.807, 2.05) is 12.2 Å². The van der Waals surface area contributed by atoms with Gasteiger partial charge in [-0.25, -0.2) is 0 Å². The number of anilines is 1. The molecule has 7 nitrogen and oxygen atoms in total. The molecule has 8 atom stereocenters. The molecule has 1 aromatic rings. The molecule has 3 fully saturated rings. The standard InChI is InChI=1S/C32H40ClN3O4/c1-19-7-6-10-24(20(19)2)35-30(38)28-32-17-15-25(40-32)26(29(37)34-23-13-11-22(33)12-14-23)27(32)31(39)36(28)18-16-21-8-4-3-5-9-21/h8,11-15,17,19-20,24-28H,3-7,9-10,16,18H2,1-2H3,(H,34,37)(H,35,38)/t19-,20+,24+,25+,26-,27+,28+,32+/m1/s1. The van der Waals surface area contributed by atoms with Crippen LogP contribution in [0.15, 0.2) is 48.1 Å². The lowest BCUT2D eigenvalue weighted by Gasteiger charge is -2.38. The van der Waals surface area contributed by atoms with E-state index in [9.17, 15) is 14.4 Å². The van der Waals surface area contributed by atoms with Gasteiger partial charge in [0.1, 0.15) is 11.6 Å². The fourth-order valence-corrected chi connectivity index (χ4v) is 7.84. The van der Waals surface area contributed by atoms with Crippen LogP contribution >= 0.6 is 11.6 Å². The van der Waals surface area contributed by atoms with Crippen molar-refractivity contribution in [2.24, 2.45) is 23.7 Å². The molecular formula is C32H40ClN3O4. The Labute approximate surface area is 241 Å². The van der Waals surface area contributed by atoms with E-state index in [4.69, 9.17) is 16.3 Å². The van der Waals surface area contributed by atoms with Gasteiger partial charge in [-0.2, -0.15) is 0 Å². The molecule has 3 amide bonds. The predicted octanol–water partition coefficient (Wildman–Crippen LogP) is 5.26. The second-order valence-electron chi connectivity index (χ2n) is 12.5. The highest BCUT2D eigenvalue weighted by Gasteiger charge is 2.72. The lowest BCUT2D eigenvalue weighted by Crippen LogP contribution is -2.58. The van der Waals surface area contributed by atoms with Crippen LogP contribution in [-0.2, 0) is 19.1 Å². The Morgan fingerprint density at radius 2 is 1.90 bits per heavy atom. The average molecular weight is 566 g/mol. The maximum Gasteiger partial charge on any atom is 0.246 e. The summed E-state index contributed by atoms with van der Waals surface area (Å²) in [5.74, 6) is -1.16. The van der Waals surface area contributed by atoms with Crippen molar-refractivity contribution in [3.8, 4) is 0 Å². The van der Waals surface area contributed by atoms with Crippen molar-refractivity contribution < 1.29 is 19.1 Å². The van der Waals surface area contributed by atoms with Crippen LogP contribution in [0.1, 0.15) is 65.2 Å². The first-order valence-corrected chi connectivity index (χ1v) is 15.4. The number of halogens is 1. The number of hydrogen-bond acceptors (Lipinski definition) is 4. The van der Waals surface area contributed by atoms with E-state index in [-0.39, 0.29) is 23.8 Å². The Morgan fingerprint density at radius 1 is 1.10 bits per heavy atom. The minimum absolute atomic E-state index is 0.0660. The zero-order valence-electron chi connectivity index (χ0n) is 23.4. The number of ether oxygens (including phenoxy) is 1. The van der Waals surface area contributed by atoms with Gasteiger partial charge in [0, 0.05) is 23.3 Å². The first-order chi connectivity index (χ1) is 19.3. The summed E-state index contributed by atoms with van der Waals surface area (Å²) in [5.41, 5.74) is 0.815. The fourth-order valence-electron chi connectivity index (χ4n) is 7.71. The van der Waals surface area contributed by atoms with Crippen molar-refractivity contribution in [2.45, 2.75) is 89.0 Å². The molecule has 2 bridgehead atoms. The van der Waals surface area contributed by atoms with Gasteiger partial charge in [-0.05, 0) is 74.6 Å². The highest BCUT2D eigenvalue weighted by molar-refractivity contribution is 6.30. The molecule has 0 aromatic heterocycles. The zero-order chi connectivity index (χ0) is 28.0. The van der Waals surface area contributed by atoms with E-state index in [1.54, 1.807) is 29.2 Å². The number of carbonyl (C=O) groups is 3. The van der Waals surface area contributed by atoms with Gasteiger partial charge in [0.25, 0.3) is 0 Å². The quantitative estimate of drug-likeness (QED) is 0.441. The van der Waals surface area contributed by atoms with Crippen molar-refractivity contribution >= 4 is 35.0 Å². The first-order valence-electron chi connectivity index (χ1n) is 15.0. The summed E-state index contributed by atoms with van der Waals surface area (Å²) in [6.45, 7) is 4.90. The minimum Gasteiger partial charge on any atom is -0.359 e. The number of amides is 3. The molecule has 1 spiro atoms. The third kappa shape index (κ3) is 4.79. The van der Waals surface area contributed by atoms with Crippen LogP contribution in [0.5, 0.6) is 0 Å². The Kier molecular flexibility index (Phi) is 7.55. The second kappa shape index (κ2) is 11.0. The number of nitrogens with zero attached hydrogens (tertiary/aromatic N) is 1. The Balaban J connectivity index is 1.28. The normalized spacial score (nSPS) is 36.4. The van der Waals surface area contributed by atoms with Crippen molar-refractivity contribution in [1.29, 1.82) is 0 Å². The number of carbonyl (C=O) groups excluding carboxylic acids is 3. The van der Waals surface area contributed by atoms with Crippen LogP contribution in [0.2, 0.25) is 5.02 Å². The SMILES string of the molecule is C[C@H]1[C@H](C)CCC[C@@H]1NC(=O)[C@@H]1N(CCC2=CCCCC2)C(=O)[C@@H]2[C@H](C(=O)Nc3ccc(Cl)cc3)[C@@H]3C=C[C@]21O3. The number of fused-ring (bicyclic) bond motifs is 1. The summed E-state index contributed by atoms with van der Waals surface area (Å²) >= 11 is 6.02. The van der Waals surface area contributed by atoms with Crippen molar-refractivity contribution in [1.82, 2.24) is 10.2 Å². The van der Waals surface area contributed by atoms with Crippen LogP contribution in [0, 0.1) is 23.7 Å². The number of allylic oxidation sites excluding steroid dienone is 1. The Bertz CT molecular complexity index is 1230. The number of hydrogen-bond donors (Lipinski definition) is 2. The molecule has 2 saturated heterocycles. The topological polar surface area (TPSA) is 87.7 Å². The summed E-state index contributed by atoms with van der Waals surface area (Å²) in [7, 11) is 0. The summed E-state index contributed by atoms with van der Waals surface area (Å²) in [5, 5.41) is 6.86. The minimum atomic E-state index is -1.14. The van der Waals surface area contributed by atoms with Crippen LogP contribution in [0.3, 0.4) is 0 Å². The Morgan fingerprint density at radius 3 is 2.65 bits per heavy atom. The second-order valence-corrected chi connectivity index (χ2v) is 12.9. The van der Waals surface area contributed by atoms with E-state index >= 15 is 0 Å². The molecule has 1 saturated carbocycles. The maximum absolute atomic E-state index is 14.2. The van der Waals surface area contributed by atoms with Crippen LogP contribution < -0.4 is 10.6 Å². The van der Waals surface area contributed by atoms with Crippen molar-refractivity contribution in [3.63, 3.8) is 0 Å². The molecule has 5 aliphatic rings. The van der Waals surface area contributed by atoms with Gasteiger partial charge in [0.15, 0.2) is 0 Å². The smallest absolute Gasteiger partial charge is 0.246 e. The van der Waals surface area contributed by atoms with E-state index in [2.05, 4.69) is 30.6 Å². The van der Waals surface area contributed by atoms with Gasteiger partial charge in [-0.3, -0.25) is 14.4 Å². The third-order valence-electron chi connectivity index (χ3n) is 10.1. The van der Waals surface area contributed by atoms with Gasteiger partial charge in [0.2, 0.25) is 17.7 Å². The summed E-state index contributed by atoms with van der Waals surface area (Å²) in [6.07, 6.45) is 13.9. The molecule has 1 aromatic carbocycles. The molecule has 6 rings (SSSR count). The van der Waals surface area contributed by atoms with Crippen LogP contribution in [0.4, 0.5) is 5.69 Å². The van der Waals surface area contributed by atoms with Gasteiger partial charge in [-0.1, -0.05) is 62.1 Å². The van der Waals surface area contributed by atoms with E-state index in [0.29, 0.717) is 29.1 Å². The summed E-state index contributed by atoms with van der Waals surface area (Å²) < 4.78 is 6.51. The van der Waals surface area contributed by atoms with Crippen molar-refractivity contribution in [2.75, 3.05) is 11.9 Å². The molecule has 8 heteroatoms. The molecule has 0 unspecified atom stereocenters. The number of nitrogens with one attached hydrogen (secondary N) is 2. The number of rotatable bonds is 7. The molecule has 0 radical (unpaired) electrons. The van der Waals surface area contributed by atoms with Crippen molar-refractivity contribution in [3.05, 3.63) is 53.1 Å². The van der Waals surface area contributed by atoms with Gasteiger partial charge in [-0.15, -0.1) is 0 Å². The van der Waals surface area contributed by atoms with Gasteiger partial charge >= 0.3 is 0 Å². The molecule has 214 valence electrons. The van der Waals surface area contributed by atoms with Gasteiger partial charge < -0.3 is 20.3 Å². The molecule has 2 N–H and O–H groups in total. The average Bonchev–Trinajstić information content (AvgIpc) is 3.59. The molecular weight excluding hydrogens is 526 g/mol. The fraction of sp³-hybridized carbons (Fsp3) is 0.594. The Hall–Kier alpha value is -2.64. The van der Waals surface area contributed by atoms with E-state index < -0.39 is 29.6 Å². The monoisotopic (exact) mass is 565 g/mol. The summed E-state index contributed by atoms with van der Waals surface area (Å²) in [4.78, 5) is 43.7.